The molecule has 0 bridgehead atoms. The van der Waals surface area contributed by atoms with Gasteiger partial charge in [-0.3, -0.25) is 0 Å². The van der Waals surface area contributed by atoms with E-state index in [2.05, 4.69) is 77.0 Å². The predicted molar refractivity (Wildman–Crippen MR) is 157 cm³/mol. The lowest BCUT2D eigenvalue weighted by atomic mass is 9.90. The Bertz CT molecular complexity index is 907. The minimum atomic E-state index is 0.833. The van der Waals surface area contributed by atoms with E-state index in [0.717, 1.165) is 57.3 Å². The van der Waals surface area contributed by atoms with Crippen LogP contribution in [-0.2, 0) is 0 Å². The number of hydrogen-bond donors (Lipinski definition) is 1. The number of nitrogens with zero attached hydrogens (tertiary/aromatic N) is 2. The zero-order valence-electron chi connectivity index (χ0n) is 24.1. The van der Waals surface area contributed by atoms with Crippen LogP contribution >= 0.6 is 0 Å². The second-order valence-corrected chi connectivity index (χ2v) is 9.88. The Morgan fingerprint density at radius 2 is 1.68 bits per heavy atom. The number of aromatic nitrogens is 1. The maximum atomic E-state index is 4.72. The van der Waals surface area contributed by atoms with Crippen LogP contribution in [0.1, 0.15) is 84.2 Å². The monoisotopic (exact) mass is 465 g/mol. The number of aryl methyl sites for hydroxylation is 2. The van der Waals surface area contributed by atoms with E-state index in [1.54, 1.807) is 0 Å². The van der Waals surface area contributed by atoms with E-state index in [1.807, 2.05) is 60.0 Å². The van der Waals surface area contributed by atoms with Crippen LogP contribution in [0.25, 0.3) is 11.6 Å². The molecule has 1 N–H and O–H groups in total. The Kier molecular flexibility index (Phi) is 14.2. The van der Waals surface area contributed by atoms with Gasteiger partial charge in [-0.15, -0.1) is 0 Å². The summed E-state index contributed by atoms with van der Waals surface area (Å²) in [6, 6.07) is 8.29. The third-order valence-corrected chi connectivity index (χ3v) is 5.93. The topological polar surface area (TPSA) is 28.2 Å². The maximum absolute atomic E-state index is 4.72. The van der Waals surface area contributed by atoms with E-state index >= 15 is 0 Å². The number of benzene rings is 1. The summed E-state index contributed by atoms with van der Waals surface area (Å²) >= 11 is 0. The van der Waals surface area contributed by atoms with Crippen LogP contribution in [0.15, 0.2) is 37.4 Å². The van der Waals surface area contributed by atoms with Crippen molar-refractivity contribution in [3.8, 4) is 0 Å². The van der Waals surface area contributed by atoms with Crippen molar-refractivity contribution in [2.75, 3.05) is 24.3 Å². The summed E-state index contributed by atoms with van der Waals surface area (Å²) in [7, 11) is 4.05. The Balaban J connectivity index is 0.000000836. The highest BCUT2D eigenvalue weighted by atomic mass is 15.1. The molecule has 0 saturated heterocycles. The molecule has 0 aliphatic heterocycles. The number of anilines is 3. The molecule has 1 aromatic heterocycles. The van der Waals surface area contributed by atoms with Gasteiger partial charge in [0.05, 0.1) is 0 Å². The zero-order valence-corrected chi connectivity index (χ0v) is 24.1. The van der Waals surface area contributed by atoms with E-state index in [4.69, 9.17) is 4.98 Å². The third kappa shape index (κ3) is 9.75. The summed E-state index contributed by atoms with van der Waals surface area (Å²) in [5, 5.41) is 3.47. The minimum absolute atomic E-state index is 0.833. The first-order chi connectivity index (χ1) is 15.9. The maximum Gasteiger partial charge on any atom is 0.138 e. The second-order valence-electron chi connectivity index (χ2n) is 9.88. The molecule has 1 atom stereocenters. The van der Waals surface area contributed by atoms with Gasteiger partial charge in [-0.25, -0.2) is 4.98 Å². The van der Waals surface area contributed by atoms with Gasteiger partial charge in [0, 0.05) is 42.3 Å². The highest BCUT2D eigenvalue weighted by Gasteiger charge is 2.12. The molecule has 0 fully saturated rings. The lowest BCUT2D eigenvalue weighted by Gasteiger charge is -2.20. The summed E-state index contributed by atoms with van der Waals surface area (Å²) in [6.07, 6.45) is 3.25. The van der Waals surface area contributed by atoms with E-state index in [-0.39, 0.29) is 0 Å². The fraction of sp³-hybridized carbons (Fsp3) is 0.516. The van der Waals surface area contributed by atoms with E-state index in [9.17, 15) is 0 Å². The van der Waals surface area contributed by atoms with Crippen molar-refractivity contribution in [1.29, 1.82) is 0 Å². The van der Waals surface area contributed by atoms with Crippen molar-refractivity contribution in [2.45, 2.75) is 75.7 Å². The van der Waals surface area contributed by atoms with Crippen LogP contribution in [0.4, 0.5) is 17.2 Å². The van der Waals surface area contributed by atoms with Crippen molar-refractivity contribution in [3.05, 3.63) is 59.8 Å². The predicted octanol–water partition coefficient (Wildman–Crippen LogP) is 9.53. The van der Waals surface area contributed by atoms with Gasteiger partial charge in [0.15, 0.2) is 0 Å². The standard InChI is InChI=1S/C20H25N3.C9H20.C2H6/c1-8-16-18(10-9-11-19(16)23(6)7)22-20-17(13(2)3)12-14(4)15(5)21-20;1-7(2)6-9(5)8(3)4;1-2/h8-12H,1-2H2,3-7H3,(H,21,22);7-9H,6H2,1-5H3;1-2H3. The SMILES string of the molecule is C=Cc1c(Nc2nc(C)c(C)cc2C(=C)C)cccc1N(C)C.CC.CC(C)CC(C)C(C)C. The van der Waals surface area contributed by atoms with Gasteiger partial charge in [-0.2, -0.15) is 0 Å². The number of rotatable bonds is 8. The minimum Gasteiger partial charge on any atom is -0.377 e. The first kappa shape index (κ1) is 31.4. The van der Waals surface area contributed by atoms with Gasteiger partial charge in [0.1, 0.15) is 5.82 Å². The summed E-state index contributed by atoms with van der Waals surface area (Å²) in [6.45, 7) is 29.6. The molecule has 3 heteroatoms. The first-order valence-electron chi connectivity index (χ1n) is 12.7. The fourth-order valence-corrected chi connectivity index (χ4v) is 3.54. The molecular formula is C31H51N3. The van der Waals surface area contributed by atoms with Gasteiger partial charge in [0.25, 0.3) is 0 Å². The quantitative estimate of drug-likeness (QED) is 0.420. The molecule has 0 spiro atoms. The molecule has 1 heterocycles. The van der Waals surface area contributed by atoms with Gasteiger partial charge in [0.2, 0.25) is 0 Å². The van der Waals surface area contributed by atoms with Gasteiger partial charge in [-0.1, -0.05) is 73.8 Å². The van der Waals surface area contributed by atoms with Crippen LogP contribution in [0.3, 0.4) is 0 Å². The normalized spacial score (nSPS) is 11.1. The largest absolute Gasteiger partial charge is 0.377 e. The van der Waals surface area contributed by atoms with E-state index in [0.29, 0.717) is 0 Å². The summed E-state index contributed by atoms with van der Waals surface area (Å²) in [4.78, 5) is 6.80. The molecule has 2 aromatic rings. The van der Waals surface area contributed by atoms with Crippen molar-refractivity contribution < 1.29 is 0 Å². The number of hydrogen-bond acceptors (Lipinski definition) is 3. The molecule has 190 valence electrons. The molecule has 0 amide bonds. The van der Waals surface area contributed by atoms with Gasteiger partial charge >= 0.3 is 0 Å². The average molecular weight is 466 g/mol. The zero-order chi connectivity index (χ0) is 26.6. The molecule has 2 rings (SSSR count). The fourth-order valence-electron chi connectivity index (χ4n) is 3.54. The average Bonchev–Trinajstić information content (AvgIpc) is 2.77. The highest BCUT2D eigenvalue weighted by Crippen LogP contribution is 2.32. The molecule has 1 unspecified atom stereocenters. The second kappa shape index (κ2) is 15.4. The van der Waals surface area contributed by atoms with Gasteiger partial charge in [-0.05, 0) is 74.3 Å². The number of allylic oxidation sites excluding steroid dienone is 1. The summed E-state index contributed by atoms with van der Waals surface area (Å²) in [5.74, 6) is 3.44. The number of pyridine rings is 1. The molecule has 0 radical (unpaired) electrons. The van der Waals surface area contributed by atoms with E-state index in [1.165, 1.54) is 12.0 Å². The molecular weight excluding hydrogens is 414 g/mol. The van der Waals surface area contributed by atoms with Crippen LogP contribution in [0.2, 0.25) is 0 Å². The molecule has 0 aliphatic rings. The Morgan fingerprint density at radius 1 is 1.09 bits per heavy atom. The third-order valence-electron chi connectivity index (χ3n) is 5.93. The smallest absolute Gasteiger partial charge is 0.138 e. The van der Waals surface area contributed by atoms with Crippen LogP contribution < -0.4 is 10.2 Å². The first-order valence-corrected chi connectivity index (χ1v) is 12.7. The van der Waals surface area contributed by atoms with Crippen molar-refractivity contribution in [2.24, 2.45) is 17.8 Å². The highest BCUT2D eigenvalue weighted by molar-refractivity contribution is 5.83. The molecule has 34 heavy (non-hydrogen) atoms. The molecule has 3 nitrogen and oxygen atoms in total. The lowest BCUT2D eigenvalue weighted by Crippen LogP contribution is -2.11. The van der Waals surface area contributed by atoms with Crippen LogP contribution in [0.5, 0.6) is 0 Å². The van der Waals surface area contributed by atoms with E-state index < -0.39 is 0 Å². The van der Waals surface area contributed by atoms with Gasteiger partial charge < -0.3 is 10.2 Å². The summed E-state index contributed by atoms with van der Waals surface area (Å²) in [5.41, 5.74) is 7.38. The Hall–Kier alpha value is -2.55. The van der Waals surface area contributed by atoms with Crippen LogP contribution in [-0.4, -0.2) is 19.1 Å². The molecule has 0 saturated carbocycles. The summed E-state index contributed by atoms with van der Waals surface area (Å²) < 4.78 is 0. The Morgan fingerprint density at radius 3 is 2.09 bits per heavy atom. The van der Waals surface area contributed by atoms with Crippen molar-refractivity contribution in [1.82, 2.24) is 4.98 Å². The lowest BCUT2D eigenvalue weighted by molar-refractivity contribution is 0.344. The molecule has 0 aliphatic carbocycles. The molecule has 1 aromatic carbocycles. The van der Waals surface area contributed by atoms with Crippen molar-refractivity contribution in [3.63, 3.8) is 0 Å². The Labute approximate surface area is 211 Å². The van der Waals surface area contributed by atoms with Crippen molar-refractivity contribution >= 4 is 28.8 Å². The number of nitrogens with one attached hydrogen (secondary N) is 1. The van der Waals surface area contributed by atoms with Crippen LogP contribution in [0, 0.1) is 31.6 Å².